The number of aliphatic carboxylic acids is 2. The van der Waals surface area contributed by atoms with Crippen molar-refractivity contribution in [3.05, 3.63) is 78.5 Å². The third-order valence-electron chi connectivity index (χ3n) is 5.11. The molecule has 0 saturated heterocycles. The van der Waals surface area contributed by atoms with Crippen molar-refractivity contribution >= 4 is 28.6 Å². The number of benzene rings is 1. The van der Waals surface area contributed by atoms with E-state index < -0.39 is 11.9 Å². The van der Waals surface area contributed by atoms with E-state index in [1.165, 1.54) is 0 Å². The van der Waals surface area contributed by atoms with Gasteiger partial charge < -0.3 is 19.8 Å². The van der Waals surface area contributed by atoms with Crippen LogP contribution in [-0.2, 0) is 29.0 Å². The van der Waals surface area contributed by atoms with Crippen molar-refractivity contribution in [2.75, 3.05) is 0 Å². The third kappa shape index (κ3) is 5.16. The van der Waals surface area contributed by atoms with Gasteiger partial charge in [0, 0.05) is 53.0 Å². The first-order chi connectivity index (χ1) is 14.9. The van der Waals surface area contributed by atoms with Gasteiger partial charge >= 0.3 is 11.9 Å². The van der Waals surface area contributed by atoms with Crippen molar-refractivity contribution in [1.82, 2.24) is 14.5 Å². The van der Waals surface area contributed by atoms with Gasteiger partial charge in [-0.25, -0.2) is 14.6 Å². The zero-order valence-electron chi connectivity index (χ0n) is 16.8. The average molecular weight is 421 g/mol. The summed E-state index contributed by atoms with van der Waals surface area (Å²) in [7, 11) is 0. The number of carboxylic acid groups (broad SMARTS) is 2. The number of carbonyl (C=O) groups is 3. The summed E-state index contributed by atoms with van der Waals surface area (Å²) in [6, 6.07) is 8.09. The summed E-state index contributed by atoms with van der Waals surface area (Å²) in [5.74, 6) is -2.24. The van der Waals surface area contributed by atoms with Crippen molar-refractivity contribution in [3.63, 3.8) is 0 Å². The number of hydrogen-bond acceptors (Lipinski definition) is 4. The molecule has 0 bridgehead atoms. The highest BCUT2D eigenvalue weighted by Crippen LogP contribution is 2.29. The minimum absolute atomic E-state index is 0.0333. The maximum Gasteiger partial charge on any atom is 0.328 e. The Labute approximate surface area is 178 Å². The lowest BCUT2D eigenvalue weighted by Gasteiger charge is -2.19. The lowest BCUT2D eigenvalue weighted by Crippen LogP contribution is -2.22. The molecular formula is C23H23N3O5. The number of aromatic amines is 1. The molecule has 0 saturated carbocycles. The molecule has 1 atom stereocenters. The minimum Gasteiger partial charge on any atom is -0.478 e. The van der Waals surface area contributed by atoms with Gasteiger partial charge in [-0.2, -0.15) is 0 Å². The fraction of sp³-hybridized carbons (Fsp3) is 0.217. The van der Waals surface area contributed by atoms with Crippen LogP contribution in [0, 0.1) is 5.92 Å². The Kier molecular flexibility index (Phi) is 6.81. The number of nitrogens with one attached hydrogen (secondary N) is 1. The van der Waals surface area contributed by atoms with Crippen LogP contribution in [0.4, 0.5) is 0 Å². The van der Waals surface area contributed by atoms with E-state index >= 15 is 0 Å². The summed E-state index contributed by atoms with van der Waals surface area (Å²) in [4.78, 5) is 39.7. The Hall–Kier alpha value is -3.94. The van der Waals surface area contributed by atoms with E-state index in [2.05, 4.69) is 27.2 Å². The second-order valence-electron chi connectivity index (χ2n) is 7.14. The molecule has 0 spiro atoms. The molecule has 1 aliphatic carbocycles. The number of carboxylic acids is 2. The number of aromatic nitrogens is 3. The number of imidazole rings is 1. The molecule has 4 rings (SSSR count). The zero-order chi connectivity index (χ0) is 22.4. The molecule has 0 aliphatic heterocycles. The lowest BCUT2D eigenvalue weighted by molar-refractivity contribution is -0.134. The predicted molar refractivity (Wildman–Crippen MR) is 115 cm³/mol. The van der Waals surface area contributed by atoms with Crippen molar-refractivity contribution < 1.29 is 24.6 Å². The van der Waals surface area contributed by atoms with Gasteiger partial charge in [0.15, 0.2) is 5.78 Å². The maximum absolute atomic E-state index is 13.1. The van der Waals surface area contributed by atoms with Gasteiger partial charge in [-0.15, -0.1) is 6.58 Å². The standard InChI is InChI=1S/C19H19N3O.C4H4O4/c1-2-9-22-11-15(14-5-3-4-6-18(14)22)19(23)13-7-8-16-17(10-13)21-12-20-16;5-3(6)1-2-4(7)8/h2-6,11-13H,1,7-10H2,(H,20,21);1-2H,(H,5,6)(H,7,8). The molecule has 2 heterocycles. The van der Waals surface area contributed by atoms with E-state index in [1.54, 1.807) is 6.33 Å². The molecular weight excluding hydrogens is 398 g/mol. The summed E-state index contributed by atoms with van der Waals surface area (Å²) < 4.78 is 2.10. The highest BCUT2D eigenvalue weighted by molar-refractivity contribution is 6.09. The number of Topliss-reactive ketones (excluding diaryl/α,β-unsaturated/α-hetero) is 1. The minimum atomic E-state index is -1.26. The lowest BCUT2D eigenvalue weighted by atomic mass is 9.84. The molecule has 8 nitrogen and oxygen atoms in total. The van der Waals surface area contributed by atoms with Crippen LogP contribution in [0.1, 0.15) is 28.2 Å². The second kappa shape index (κ2) is 9.71. The molecule has 31 heavy (non-hydrogen) atoms. The van der Waals surface area contributed by atoms with Crippen LogP contribution >= 0.6 is 0 Å². The van der Waals surface area contributed by atoms with E-state index in [-0.39, 0.29) is 11.7 Å². The molecule has 0 radical (unpaired) electrons. The van der Waals surface area contributed by atoms with Crippen LogP contribution in [0.5, 0.6) is 0 Å². The van der Waals surface area contributed by atoms with E-state index in [0.717, 1.165) is 47.1 Å². The molecule has 0 fully saturated rings. The number of H-pyrrole nitrogens is 1. The molecule has 0 amide bonds. The van der Waals surface area contributed by atoms with Crippen LogP contribution in [0.15, 0.2) is 61.6 Å². The number of hydrogen-bond donors (Lipinski definition) is 3. The molecule has 1 unspecified atom stereocenters. The van der Waals surface area contributed by atoms with Gasteiger partial charge in [0.1, 0.15) is 0 Å². The first kappa shape index (κ1) is 21.8. The number of rotatable bonds is 6. The maximum atomic E-state index is 13.1. The summed E-state index contributed by atoms with van der Waals surface area (Å²) >= 11 is 0. The number of fused-ring (bicyclic) bond motifs is 2. The first-order valence-corrected chi connectivity index (χ1v) is 9.78. The van der Waals surface area contributed by atoms with Crippen molar-refractivity contribution in [1.29, 1.82) is 0 Å². The summed E-state index contributed by atoms with van der Waals surface area (Å²) in [6.07, 6.45) is 9.20. The highest BCUT2D eigenvalue weighted by atomic mass is 16.4. The van der Waals surface area contributed by atoms with Gasteiger partial charge in [-0.1, -0.05) is 24.3 Å². The molecule has 1 aromatic carbocycles. The Morgan fingerprint density at radius 1 is 1.19 bits per heavy atom. The first-order valence-electron chi connectivity index (χ1n) is 9.78. The smallest absolute Gasteiger partial charge is 0.328 e. The second-order valence-corrected chi connectivity index (χ2v) is 7.14. The van der Waals surface area contributed by atoms with Crippen LogP contribution in [0.2, 0.25) is 0 Å². The van der Waals surface area contributed by atoms with E-state index in [0.29, 0.717) is 18.7 Å². The number of allylic oxidation sites excluding steroid dienone is 1. The number of nitrogens with zero attached hydrogens (tertiary/aromatic N) is 2. The topological polar surface area (TPSA) is 125 Å². The van der Waals surface area contributed by atoms with Crippen molar-refractivity contribution in [3.8, 4) is 0 Å². The normalized spacial score (nSPS) is 15.2. The van der Waals surface area contributed by atoms with E-state index in [9.17, 15) is 14.4 Å². The van der Waals surface area contributed by atoms with Crippen LogP contribution in [0.3, 0.4) is 0 Å². The average Bonchev–Trinajstić information content (AvgIpc) is 3.37. The molecule has 3 N–H and O–H groups in total. The van der Waals surface area contributed by atoms with Gasteiger partial charge in [0.25, 0.3) is 0 Å². The SMILES string of the molecule is C=CCn1cc(C(=O)C2CCc3nc[nH]c3C2)c2ccccc21.O=C(O)C=CC(=O)O. The Morgan fingerprint density at radius 2 is 1.90 bits per heavy atom. The van der Waals surface area contributed by atoms with E-state index in [4.69, 9.17) is 10.2 Å². The number of para-hydroxylation sites is 1. The summed E-state index contributed by atoms with van der Waals surface area (Å²) in [6.45, 7) is 4.52. The summed E-state index contributed by atoms with van der Waals surface area (Å²) in [5, 5.41) is 16.7. The Balaban J connectivity index is 0.000000293. The number of aryl methyl sites for hydroxylation is 1. The predicted octanol–water partition coefficient (Wildman–Crippen LogP) is 3.25. The van der Waals surface area contributed by atoms with Gasteiger partial charge in [0.05, 0.1) is 12.0 Å². The highest BCUT2D eigenvalue weighted by Gasteiger charge is 2.28. The van der Waals surface area contributed by atoms with Gasteiger partial charge in [-0.05, 0) is 25.3 Å². The molecule has 3 aromatic rings. The zero-order valence-corrected chi connectivity index (χ0v) is 16.8. The fourth-order valence-corrected chi connectivity index (χ4v) is 3.72. The third-order valence-corrected chi connectivity index (χ3v) is 5.11. The number of carbonyl (C=O) groups excluding carboxylic acids is 1. The van der Waals surface area contributed by atoms with Gasteiger partial charge in [0.2, 0.25) is 0 Å². The van der Waals surface area contributed by atoms with Gasteiger partial charge in [-0.3, -0.25) is 4.79 Å². The number of ketones is 1. The van der Waals surface area contributed by atoms with Crippen LogP contribution < -0.4 is 0 Å². The van der Waals surface area contributed by atoms with E-state index in [1.807, 2.05) is 30.5 Å². The van der Waals surface area contributed by atoms with Crippen LogP contribution in [-0.4, -0.2) is 42.5 Å². The molecule has 2 aromatic heterocycles. The Morgan fingerprint density at radius 3 is 2.58 bits per heavy atom. The largest absolute Gasteiger partial charge is 0.478 e. The summed E-state index contributed by atoms with van der Waals surface area (Å²) in [5.41, 5.74) is 4.15. The Bertz CT molecular complexity index is 1140. The molecule has 8 heteroatoms. The fourth-order valence-electron chi connectivity index (χ4n) is 3.72. The monoisotopic (exact) mass is 421 g/mol. The quantitative estimate of drug-likeness (QED) is 0.319. The van der Waals surface area contributed by atoms with Crippen molar-refractivity contribution in [2.45, 2.75) is 25.8 Å². The molecule has 160 valence electrons. The van der Waals surface area contributed by atoms with Crippen LogP contribution in [0.25, 0.3) is 10.9 Å². The molecule has 1 aliphatic rings. The van der Waals surface area contributed by atoms with Crippen molar-refractivity contribution in [2.24, 2.45) is 5.92 Å².